The maximum atomic E-state index is 12.1. The van der Waals surface area contributed by atoms with E-state index >= 15 is 0 Å². The molecule has 2 rings (SSSR count). The van der Waals surface area contributed by atoms with Gasteiger partial charge in [-0.25, -0.2) is 0 Å². The van der Waals surface area contributed by atoms with Gasteiger partial charge >= 0.3 is 5.97 Å². The summed E-state index contributed by atoms with van der Waals surface area (Å²) < 4.78 is 5.07. The van der Waals surface area contributed by atoms with Crippen LogP contribution in [0.2, 0.25) is 0 Å². The highest BCUT2D eigenvalue weighted by Gasteiger charge is 2.22. The summed E-state index contributed by atoms with van der Waals surface area (Å²) in [6, 6.07) is 8.43. The summed E-state index contributed by atoms with van der Waals surface area (Å²) in [5, 5.41) is 2.75. The molecule has 2 unspecified atom stereocenters. The van der Waals surface area contributed by atoms with Crippen molar-refractivity contribution < 1.29 is 19.1 Å². The second kappa shape index (κ2) is 9.20. The summed E-state index contributed by atoms with van der Waals surface area (Å²) >= 11 is 0. The number of nitrogens with zero attached hydrogens (tertiary/aromatic N) is 1. The Morgan fingerprint density at radius 3 is 2.68 bits per heavy atom. The van der Waals surface area contributed by atoms with Crippen LogP contribution in [0.1, 0.15) is 43.5 Å². The van der Waals surface area contributed by atoms with Gasteiger partial charge < -0.3 is 15.0 Å². The van der Waals surface area contributed by atoms with Gasteiger partial charge in [0.1, 0.15) is 0 Å². The Bertz CT molecular complexity index is 603. The number of hydrogen-bond acceptors (Lipinski definition) is 4. The normalized spacial score (nSPS) is 18.3. The number of amides is 2. The molecule has 0 aromatic heterocycles. The van der Waals surface area contributed by atoms with Crippen molar-refractivity contribution in [2.45, 2.75) is 39.2 Å². The first-order valence-corrected chi connectivity index (χ1v) is 8.75. The summed E-state index contributed by atoms with van der Waals surface area (Å²) in [5.74, 6) is -0.388. The van der Waals surface area contributed by atoms with E-state index in [0.717, 1.165) is 25.9 Å². The fourth-order valence-electron chi connectivity index (χ4n) is 2.91. The van der Waals surface area contributed by atoms with Gasteiger partial charge in [0, 0.05) is 24.7 Å². The number of rotatable bonds is 6. The van der Waals surface area contributed by atoms with Crippen LogP contribution in [0.4, 0.5) is 0 Å². The van der Waals surface area contributed by atoms with Crippen molar-refractivity contribution in [2.24, 2.45) is 5.92 Å². The Labute approximate surface area is 148 Å². The molecule has 1 aliphatic heterocycles. The molecule has 0 spiro atoms. The molecule has 1 heterocycles. The second-order valence-electron chi connectivity index (χ2n) is 6.69. The Hall–Kier alpha value is -2.37. The number of carbonyl (C=O) groups excluding carboxylic acids is 3. The van der Waals surface area contributed by atoms with E-state index < -0.39 is 5.97 Å². The maximum absolute atomic E-state index is 12.1. The van der Waals surface area contributed by atoms with Crippen molar-refractivity contribution in [3.63, 3.8) is 0 Å². The summed E-state index contributed by atoms with van der Waals surface area (Å²) in [5.41, 5.74) is 0.539. The lowest BCUT2D eigenvalue weighted by Gasteiger charge is -2.30. The standard InChI is InChI=1S/C19H26N2O4/c1-14-7-6-10-21(12-14)17(22)13-25-18(23)11-15(2)20-19(24)16-8-4-3-5-9-16/h3-5,8-9,14-15H,6-7,10-13H2,1-2H3,(H,20,24). The summed E-state index contributed by atoms with van der Waals surface area (Å²) in [4.78, 5) is 37.7. The van der Waals surface area contributed by atoms with Crippen molar-refractivity contribution in [3.05, 3.63) is 35.9 Å². The molecule has 25 heavy (non-hydrogen) atoms. The van der Waals surface area contributed by atoms with Crippen LogP contribution in [0.25, 0.3) is 0 Å². The van der Waals surface area contributed by atoms with Crippen LogP contribution < -0.4 is 5.32 Å². The highest BCUT2D eigenvalue weighted by molar-refractivity contribution is 5.94. The number of likely N-dealkylation sites (tertiary alicyclic amines) is 1. The average molecular weight is 346 g/mol. The molecule has 0 radical (unpaired) electrons. The van der Waals surface area contributed by atoms with E-state index in [2.05, 4.69) is 12.2 Å². The lowest BCUT2D eigenvalue weighted by atomic mass is 10.0. The van der Waals surface area contributed by atoms with Gasteiger partial charge in [0.25, 0.3) is 11.8 Å². The van der Waals surface area contributed by atoms with Crippen molar-refractivity contribution in [1.29, 1.82) is 0 Å². The van der Waals surface area contributed by atoms with Crippen molar-refractivity contribution in [3.8, 4) is 0 Å². The van der Waals surface area contributed by atoms with Gasteiger partial charge in [-0.2, -0.15) is 0 Å². The molecule has 0 bridgehead atoms. The van der Waals surface area contributed by atoms with Crippen molar-refractivity contribution in [1.82, 2.24) is 10.2 Å². The SMILES string of the molecule is CC1CCCN(C(=O)COC(=O)CC(C)NC(=O)c2ccccc2)C1. The zero-order chi connectivity index (χ0) is 18.2. The Balaban J connectivity index is 1.70. The third-order valence-corrected chi connectivity index (χ3v) is 4.25. The largest absolute Gasteiger partial charge is 0.456 e. The predicted molar refractivity (Wildman–Crippen MR) is 93.9 cm³/mol. The summed E-state index contributed by atoms with van der Waals surface area (Å²) in [6.07, 6.45) is 2.15. The molecule has 2 atom stereocenters. The highest BCUT2D eigenvalue weighted by atomic mass is 16.5. The highest BCUT2D eigenvalue weighted by Crippen LogP contribution is 2.15. The Kier molecular flexibility index (Phi) is 6.98. The van der Waals surface area contributed by atoms with E-state index in [-0.39, 0.29) is 30.9 Å². The number of hydrogen-bond donors (Lipinski definition) is 1. The molecule has 6 heteroatoms. The first kappa shape index (κ1) is 19.0. The minimum absolute atomic E-state index is 0.0300. The predicted octanol–water partition coefficient (Wildman–Crippen LogP) is 2.00. The molecule has 1 N–H and O–H groups in total. The first-order chi connectivity index (χ1) is 12.0. The van der Waals surface area contributed by atoms with Gasteiger partial charge in [0.2, 0.25) is 0 Å². The number of benzene rings is 1. The summed E-state index contributed by atoms with van der Waals surface area (Å²) in [6.45, 7) is 5.06. The van der Waals surface area contributed by atoms with Crippen LogP contribution in [-0.2, 0) is 14.3 Å². The minimum Gasteiger partial charge on any atom is -0.456 e. The van der Waals surface area contributed by atoms with E-state index in [1.807, 2.05) is 6.07 Å². The lowest BCUT2D eigenvalue weighted by molar-refractivity contribution is -0.153. The molecule has 1 saturated heterocycles. The minimum atomic E-state index is -0.487. The van der Waals surface area contributed by atoms with Gasteiger partial charge in [-0.1, -0.05) is 25.1 Å². The van der Waals surface area contributed by atoms with Crippen LogP contribution in [0, 0.1) is 5.92 Å². The molecule has 6 nitrogen and oxygen atoms in total. The van der Waals surface area contributed by atoms with Crippen LogP contribution in [0.15, 0.2) is 30.3 Å². The lowest BCUT2D eigenvalue weighted by Crippen LogP contribution is -2.41. The van der Waals surface area contributed by atoms with E-state index in [1.165, 1.54) is 0 Å². The third kappa shape index (κ3) is 6.21. The molecule has 1 aliphatic rings. The smallest absolute Gasteiger partial charge is 0.308 e. The number of esters is 1. The molecule has 0 aliphatic carbocycles. The molecule has 1 aromatic carbocycles. The summed E-state index contributed by atoms with van der Waals surface area (Å²) in [7, 11) is 0. The number of carbonyl (C=O) groups is 3. The van der Waals surface area contributed by atoms with Crippen molar-refractivity contribution in [2.75, 3.05) is 19.7 Å². The van der Waals surface area contributed by atoms with Gasteiger partial charge in [-0.15, -0.1) is 0 Å². The van der Waals surface area contributed by atoms with Gasteiger partial charge in [0.15, 0.2) is 6.61 Å². The number of piperidine rings is 1. The quantitative estimate of drug-likeness (QED) is 0.800. The van der Waals surface area contributed by atoms with Crippen LogP contribution >= 0.6 is 0 Å². The monoisotopic (exact) mass is 346 g/mol. The fraction of sp³-hybridized carbons (Fsp3) is 0.526. The molecule has 1 fully saturated rings. The van der Waals surface area contributed by atoms with Gasteiger partial charge in [0.05, 0.1) is 6.42 Å². The second-order valence-corrected chi connectivity index (χ2v) is 6.69. The topological polar surface area (TPSA) is 75.7 Å². The third-order valence-electron chi connectivity index (χ3n) is 4.25. The average Bonchev–Trinajstić information content (AvgIpc) is 2.60. The molecular formula is C19H26N2O4. The molecule has 0 saturated carbocycles. The van der Waals surface area contributed by atoms with E-state index in [4.69, 9.17) is 4.74 Å². The Morgan fingerprint density at radius 1 is 1.28 bits per heavy atom. The zero-order valence-corrected chi connectivity index (χ0v) is 14.9. The van der Waals surface area contributed by atoms with Gasteiger partial charge in [-0.3, -0.25) is 14.4 Å². The molecule has 2 amide bonds. The fourth-order valence-corrected chi connectivity index (χ4v) is 2.91. The van der Waals surface area contributed by atoms with E-state index in [0.29, 0.717) is 11.5 Å². The number of nitrogens with one attached hydrogen (secondary N) is 1. The molecule has 136 valence electrons. The van der Waals surface area contributed by atoms with Gasteiger partial charge in [-0.05, 0) is 37.8 Å². The maximum Gasteiger partial charge on any atom is 0.308 e. The van der Waals surface area contributed by atoms with Crippen LogP contribution in [0.3, 0.4) is 0 Å². The molecular weight excluding hydrogens is 320 g/mol. The molecule has 1 aromatic rings. The Morgan fingerprint density at radius 2 is 2.00 bits per heavy atom. The van der Waals surface area contributed by atoms with E-state index in [9.17, 15) is 14.4 Å². The zero-order valence-electron chi connectivity index (χ0n) is 14.9. The van der Waals surface area contributed by atoms with E-state index in [1.54, 1.807) is 36.1 Å². The van der Waals surface area contributed by atoms with Crippen LogP contribution in [0.5, 0.6) is 0 Å². The first-order valence-electron chi connectivity index (χ1n) is 8.75. The number of ether oxygens (including phenoxy) is 1. The van der Waals surface area contributed by atoms with Crippen LogP contribution in [-0.4, -0.2) is 48.4 Å². The van der Waals surface area contributed by atoms with Crippen molar-refractivity contribution >= 4 is 17.8 Å².